The maximum atomic E-state index is 12.8. The number of rotatable bonds is 9. The molecule has 5 nitrogen and oxygen atoms in total. The van der Waals surface area contributed by atoms with Crippen LogP contribution in [0.5, 0.6) is 0 Å². The molecule has 1 N–H and O–H groups in total. The summed E-state index contributed by atoms with van der Waals surface area (Å²) in [5, 5.41) is 3.48. The van der Waals surface area contributed by atoms with Crippen LogP contribution < -0.4 is 10.9 Å². The highest BCUT2D eigenvalue weighted by Crippen LogP contribution is 2.18. The summed E-state index contributed by atoms with van der Waals surface area (Å²) in [6.45, 7) is 1.06. The number of carbonyl (C=O) groups excluding carboxylic acids is 1. The Bertz CT molecular complexity index is 989. The highest BCUT2D eigenvalue weighted by atomic mass is 32.2. The Hall–Kier alpha value is -2.67. The van der Waals surface area contributed by atoms with Crippen molar-refractivity contribution in [1.82, 2.24) is 14.9 Å². The van der Waals surface area contributed by atoms with E-state index in [-0.39, 0.29) is 17.3 Å². The Kier molecular flexibility index (Phi) is 7.19. The zero-order valence-corrected chi connectivity index (χ0v) is 16.3. The van der Waals surface area contributed by atoms with Crippen LogP contribution in [0.1, 0.15) is 19.3 Å². The molecule has 3 rings (SSSR count). The third kappa shape index (κ3) is 5.66. The van der Waals surface area contributed by atoms with Gasteiger partial charge in [0.1, 0.15) is 5.82 Å². The largest absolute Gasteiger partial charge is 0.356 e. The summed E-state index contributed by atoms with van der Waals surface area (Å²) in [5.41, 5.74) is 0.601. The molecular weight excluding hydrogens is 377 g/mol. The zero-order chi connectivity index (χ0) is 19.8. The van der Waals surface area contributed by atoms with Gasteiger partial charge in [-0.1, -0.05) is 12.1 Å². The van der Waals surface area contributed by atoms with Crippen molar-refractivity contribution in [3.63, 3.8) is 0 Å². The molecule has 0 aliphatic carbocycles. The van der Waals surface area contributed by atoms with Crippen molar-refractivity contribution >= 4 is 28.6 Å². The van der Waals surface area contributed by atoms with E-state index in [2.05, 4.69) is 10.3 Å². The molecule has 1 amide bonds. The summed E-state index contributed by atoms with van der Waals surface area (Å²) >= 11 is 1.64. The third-order valence-electron chi connectivity index (χ3n) is 4.26. The van der Waals surface area contributed by atoms with Gasteiger partial charge in [0.15, 0.2) is 0 Å². The number of amides is 1. The minimum atomic E-state index is -0.238. The van der Waals surface area contributed by atoms with Crippen molar-refractivity contribution in [3.8, 4) is 0 Å². The fourth-order valence-electron chi connectivity index (χ4n) is 2.78. The van der Waals surface area contributed by atoms with E-state index in [1.54, 1.807) is 34.5 Å². The molecule has 2 aromatic carbocycles. The van der Waals surface area contributed by atoms with Gasteiger partial charge in [0.05, 0.1) is 17.2 Å². The van der Waals surface area contributed by atoms with E-state index >= 15 is 0 Å². The lowest BCUT2D eigenvalue weighted by Gasteiger charge is -2.07. The molecule has 1 heterocycles. The SMILES string of the molecule is O=C(CCCn1cnc2ccccc2c1=O)NCCCSc1ccc(F)cc1. The molecule has 7 heteroatoms. The van der Waals surface area contributed by atoms with Gasteiger partial charge >= 0.3 is 0 Å². The van der Waals surface area contributed by atoms with Crippen LogP contribution in [-0.2, 0) is 11.3 Å². The lowest BCUT2D eigenvalue weighted by Crippen LogP contribution is -2.26. The number of fused-ring (bicyclic) bond motifs is 1. The summed E-state index contributed by atoms with van der Waals surface area (Å²) in [6, 6.07) is 13.6. The molecule has 28 heavy (non-hydrogen) atoms. The summed E-state index contributed by atoms with van der Waals surface area (Å²) in [4.78, 5) is 29.6. The maximum absolute atomic E-state index is 12.8. The van der Waals surface area contributed by atoms with E-state index in [9.17, 15) is 14.0 Å². The van der Waals surface area contributed by atoms with E-state index in [1.807, 2.05) is 18.2 Å². The smallest absolute Gasteiger partial charge is 0.261 e. The molecule has 0 atom stereocenters. The first-order valence-corrected chi connectivity index (χ1v) is 10.2. The van der Waals surface area contributed by atoms with E-state index < -0.39 is 0 Å². The first-order valence-electron chi connectivity index (χ1n) is 9.23. The van der Waals surface area contributed by atoms with Crippen LogP contribution in [0.4, 0.5) is 4.39 Å². The van der Waals surface area contributed by atoms with Crippen molar-refractivity contribution in [2.45, 2.75) is 30.7 Å². The van der Waals surface area contributed by atoms with Crippen LogP contribution in [0.25, 0.3) is 10.9 Å². The average Bonchev–Trinajstić information content (AvgIpc) is 2.71. The number of halogens is 1. The third-order valence-corrected chi connectivity index (χ3v) is 5.36. The Balaban J connectivity index is 1.34. The summed E-state index contributed by atoms with van der Waals surface area (Å²) in [6.07, 6.45) is 3.32. The highest BCUT2D eigenvalue weighted by Gasteiger charge is 2.05. The van der Waals surface area contributed by atoms with Crippen LogP contribution in [0, 0.1) is 5.82 Å². The molecule has 0 unspecified atom stereocenters. The Labute approximate surface area is 167 Å². The number of para-hydroxylation sites is 1. The second kappa shape index (κ2) is 10.0. The summed E-state index contributed by atoms with van der Waals surface area (Å²) in [7, 11) is 0. The number of hydrogen-bond donors (Lipinski definition) is 1. The topological polar surface area (TPSA) is 64.0 Å². The van der Waals surface area contributed by atoms with Crippen LogP contribution in [0.15, 0.2) is 64.5 Å². The van der Waals surface area contributed by atoms with Gasteiger partial charge in [0.2, 0.25) is 5.91 Å². The lowest BCUT2D eigenvalue weighted by atomic mass is 10.2. The Morgan fingerprint density at radius 1 is 1.11 bits per heavy atom. The number of nitrogens with one attached hydrogen (secondary N) is 1. The monoisotopic (exact) mass is 399 g/mol. The van der Waals surface area contributed by atoms with Crippen LogP contribution in [0.3, 0.4) is 0 Å². The highest BCUT2D eigenvalue weighted by molar-refractivity contribution is 7.99. The van der Waals surface area contributed by atoms with Gasteiger partial charge in [-0.25, -0.2) is 9.37 Å². The minimum Gasteiger partial charge on any atom is -0.356 e. The van der Waals surface area contributed by atoms with Crippen LogP contribution in [0.2, 0.25) is 0 Å². The van der Waals surface area contributed by atoms with Crippen LogP contribution >= 0.6 is 11.8 Å². The molecule has 0 spiro atoms. The number of aryl methyl sites for hydroxylation is 1. The molecule has 0 aliphatic rings. The van der Waals surface area contributed by atoms with E-state index in [0.717, 1.165) is 17.1 Å². The molecule has 0 aliphatic heterocycles. The molecular formula is C21H22FN3O2S. The van der Waals surface area contributed by atoms with E-state index in [4.69, 9.17) is 0 Å². The average molecular weight is 399 g/mol. The zero-order valence-electron chi connectivity index (χ0n) is 15.4. The quantitative estimate of drug-likeness (QED) is 0.441. The van der Waals surface area contributed by atoms with Crippen molar-refractivity contribution in [2.75, 3.05) is 12.3 Å². The van der Waals surface area contributed by atoms with Gasteiger partial charge in [0.25, 0.3) is 5.56 Å². The molecule has 146 valence electrons. The van der Waals surface area contributed by atoms with Gasteiger partial charge in [-0.15, -0.1) is 11.8 Å². The molecule has 3 aromatic rings. The number of benzene rings is 2. The Morgan fingerprint density at radius 2 is 1.89 bits per heavy atom. The predicted molar refractivity (Wildman–Crippen MR) is 110 cm³/mol. The van der Waals surface area contributed by atoms with Gasteiger partial charge in [-0.3, -0.25) is 14.2 Å². The molecule has 0 fully saturated rings. The van der Waals surface area contributed by atoms with Crippen molar-refractivity contribution < 1.29 is 9.18 Å². The Morgan fingerprint density at radius 3 is 2.71 bits per heavy atom. The fraction of sp³-hybridized carbons (Fsp3) is 0.286. The second-order valence-corrected chi connectivity index (χ2v) is 7.54. The molecule has 0 radical (unpaired) electrons. The number of carbonyl (C=O) groups is 1. The van der Waals surface area contributed by atoms with Gasteiger partial charge in [0, 0.05) is 24.4 Å². The van der Waals surface area contributed by atoms with Crippen LogP contribution in [-0.4, -0.2) is 27.8 Å². The fourth-order valence-corrected chi connectivity index (χ4v) is 3.64. The summed E-state index contributed by atoms with van der Waals surface area (Å²) in [5.74, 6) is 0.594. The van der Waals surface area contributed by atoms with E-state index in [0.29, 0.717) is 36.8 Å². The number of nitrogens with zero attached hydrogens (tertiary/aromatic N) is 2. The number of aromatic nitrogens is 2. The van der Waals surface area contributed by atoms with Crippen molar-refractivity contribution in [2.24, 2.45) is 0 Å². The molecule has 0 saturated carbocycles. The second-order valence-electron chi connectivity index (χ2n) is 6.37. The maximum Gasteiger partial charge on any atom is 0.261 e. The molecule has 0 saturated heterocycles. The first kappa shape index (κ1) is 20.1. The van der Waals surface area contributed by atoms with Crippen molar-refractivity contribution in [1.29, 1.82) is 0 Å². The van der Waals surface area contributed by atoms with Crippen molar-refractivity contribution in [3.05, 3.63) is 71.0 Å². The summed E-state index contributed by atoms with van der Waals surface area (Å²) < 4.78 is 14.4. The number of thioether (sulfide) groups is 1. The van der Waals surface area contributed by atoms with Gasteiger partial charge < -0.3 is 5.32 Å². The van der Waals surface area contributed by atoms with Gasteiger partial charge in [-0.05, 0) is 55.0 Å². The molecule has 0 bridgehead atoms. The minimum absolute atomic E-state index is 0.0198. The van der Waals surface area contributed by atoms with Gasteiger partial charge in [-0.2, -0.15) is 0 Å². The number of hydrogen-bond acceptors (Lipinski definition) is 4. The normalized spacial score (nSPS) is 10.9. The lowest BCUT2D eigenvalue weighted by molar-refractivity contribution is -0.121. The predicted octanol–water partition coefficient (Wildman–Crippen LogP) is 3.61. The van der Waals surface area contributed by atoms with E-state index in [1.165, 1.54) is 18.5 Å². The standard InChI is InChI=1S/C21H22FN3O2S/c22-16-8-10-17(11-9-16)28-14-4-12-23-20(26)7-3-13-25-15-24-19-6-2-1-5-18(19)21(25)27/h1-2,5-6,8-11,15H,3-4,7,12-14H2,(H,23,26). The first-order chi connectivity index (χ1) is 13.6. The molecule has 1 aromatic heterocycles.